The maximum atomic E-state index is 4.65. The molecule has 0 aromatic carbocycles. The van der Waals surface area contributed by atoms with Gasteiger partial charge in [0.05, 0.1) is 11.7 Å². The summed E-state index contributed by atoms with van der Waals surface area (Å²) in [6.45, 7) is 9.23. The summed E-state index contributed by atoms with van der Waals surface area (Å²) in [5.41, 5.74) is 2.56. The second-order valence-electron chi connectivity index (χ2n) is 6.40. The highest BCUT2D eigenvalue weighted by atomic mass is 15.1. The van der Waals surface area contributed by atoms with E-state index < -0.39 is 0 Å². The zero-order valence-electron chi connectivity index (χ0n) is 12.8. The van der Waals surface area contributed by atoms with Crippen molar-refractivity contribution in [1.29, 1.82) is 0 Å². The second kappa shape index (κ2) is 5.57. The summed E-state index contributed by atoms with van der Waals surface area (Å²) >= 11 is 0. The molecule has 1 saturated heterocycles. The maximum absolute atomic E-state index is 4.65. The van der Waals surface area contributed by atoms with Gasteiger partial charge in [0.2, 0.25) is 0 Å². The van der Waals surface area contributed by atoms with Crippen LogP contribution in [0, 0.1) is 12.8 Å². The van der Waals surface area contributed by atoms with E-state index in [-0.39, 0.29) is 0 Å². The van der Waals surface area contributed by atoms with Gasteiger partial charge in [0, 0.05) is 18.7 Å². The lowest BCUT2D eigenvalue weighted by Crippen LogP contribution is -2.38. The number of rotatable bonds is 3. The highest BCUT2D eigenvalue weighted by Gasteiger charge is 2.22. The van der Waals surface area contributed by atoms with Crippen LogP contribution in [-0.4, -0.2) is 33.4 Å². The van der Waals surface area contributed by atoms with Crippen LogP contribution in [0.5, 0.6) is 0 Å². The predicted molar refractivity (Wildman–Crippen MR) is 83.1 cm³/mol. The average Bonchev–Trinajstić information content (AvgIpc) is 2.84. The Kier molecular flexibility index (Phi) is 3.79. The summed E-state index contributed by atoms with van der Waals surface area (Å²) in [5, 5.41) is 0. The second-order valence-corrected chi connectivity index (χ2v) is 6.40. The minimum atomic E-state index is 0.686. The van der Waals surface area contributed by atoms with Crippen LogP contribution in [-0.2, 0) is 6.42 Å². The monoisotopic (exact) mass is 271 g/mol. The third-order valence-electron chi connectivity index (χ3n) is 4.71. The number of hydrogen-bond donors (Lipinski definition) is 0. The highest BCUT2D eigenvalue weighted by molar-refractivity contribution is 5.53. The molecular weight excluding hydrogens is 246 g/mol. The van der Waals surface area contributed by atoms with Gasteiger partial charge in [-0.3, -0.25) is 0 Å². The summed E-state index contributed by atoms with van der Waals surface area (Å²) in [6.07, 6.45) is 7.89. The summed E-state index contributed by atoms with van der Waals surface area (Å²) in [4.78, 5) is 7.24. The van der Waals surface area contributed by atoms with Gasteiger partial charge < -0.3 is 9.30 Å². The van der Waals surface area contributed by atoms with Crippen molar-refractivity contribution in [3.63, 3.8) is 0 Å². The molecule has 3 nitrogen and oxygen atoms in total. The largest absolute Gasteiger partial charge is 0.303 e. The van der Waals surface area contributed by atoms with Gasteiger partial charge in [-0.25, -0.2) is 4.98 Å². The van der Waals surface area contributed by atoms with Crippen molar-refractivity contribution in [3.05, 3.63) is 35.9 Å². The zero-order chi connectivity index (χ0) is 14.1. The van der Waals surface area contributed by atoms with Gasteiger partial charge in [0.25, 0.3) is 0 Å². The Morgan fingerprint density at radius 3 is 2.75 bits per heavy atom. The van der Waals surface area contributed by atoms with Gasteiger partial charge in [-0.1, -0.05) is 6.07 Å². The van der Waals surface area contributed by atoms with E-state index in [4.69, 9.17) is 0 Å². The predicted octanol–water partition coefficient (Wildman–Crippen LogP) is 3.31. The van der Waals surface area contributed by atoms with Crippen LogP contribution in [0.1, 0.15) is 38.1 Å². The van der Waals surface area contributed by atoms with Gasteiger partial charge in [-0.15, -0.1) is 0 Å². The Balaban J connectivity index is 1.70. The van der Waals surface area contributed by atoms with E-state index in [1.54, 1.807) is 0 Å². The van der Waals surface area contributed by atoms with Crippen LogP contribution in [0.15, 0.2) is 24.5 Å². The Morgan fingerprint density at radius 2 is 2.05 bits per heavy atom. The summed E-state index contributed by atoms with van der Waals surface area (Å²) < 4.78 is 2.27. The molecule has 0 atom stereocenters. The molecule has 0 saturated carbocycles. The number of nitrogens with zero attached hydrogens (tertiary/aromatic N) is 3. The Bertz CT molecular complexity index is 577. The fraction of sp³-hybridized carbons (Fsp3) is 0.588. The topological polar surface area (TPSA) is 20.5 Å². The van der Waals surface area contributed by atoms with Crippen LogP contribution in [0.25, 0.3) is 5.52 Å². The molecular formula is C17H25N3. The number of imidazole rings is 1. The summed E-state index contributed by atoms with van der Waals surface area (Å²) in [7, 11) is 0. The van der Waals surface area contributed by atoms with E-state index in [1.165, 1.54) is 42.8 Å². The fourth-order valence-electron chi connectivity index (χ4n) is 3.30. The van der Waals surface area contributed by atoms with Crippen molar-refractivity contribution in [1.82, 2.24) is 14.3 Å². The fourth-order valence-corrected chi connectivity index (χ4v) is 3.30. The molecule has 0 radical (unpaired) electrons. The van der Waals surface area contributed by atoms with E-state index >= 15 is 0 Å². The molecule has 0 unspecified atom stereocenters. The molecule has 1 fully saturated rings. The minimum absolute atomic E-state index is 0.686. The van der Waals surface area contributed by atoms with E-state index in [2.05, 4.69) is 53.4 Å². The SMILES string of the molecule is Cc1cccn2c(CC3CCN(C(C)C)CC3)ncc12. The van der Waals surface area contributed by atoms with Gasteiger partial charge in [-0.2, -0.15) is 0 Å². The molecule has 0 spiro atoms. The third kappa shape index (κ3) is 2.59. The molecule has 1 aliphatic heterocycles. The van der Waals surface area contributed by atoms with Crippen LogP contribution >= 0.6 is 0 Å². The lowest BCUT2D eigenvalue weighted by atomic mass is 9.92. The van der Waals surface area contributed by atoms with Crippen molar-refractivity contribution in [2.24, 2.45) is 5.92 Å². The van der Waals surface area contributed by atoms with Gasteiger partial charge in [-0.05, 0) is 64.3 Å². The number of piperidine rings is 1. The molecule has 0 N–H and O–H groups in total. The average molecular weight is 271 g/mol. The Morgan fingerprint density at radius 1 is 1.30 bits per heavy atom. The molecule has 2 aromatic rings. The molecule has 3 rings (SSSR count). The number of likely N-dealkylation sites (tertiary alicyclic amines) is 1. The van der Waals surface area contributed by atoms with E-state index in [9.17, 15) is 0 Å². The molecule has 0 aliphatic carbocycles. The molecule has 108 valence electrons. The highest BCUT2D eigenvalue weighted by Crippen LogP contribution is 2.23. The number of hydrogen-bond acceptors (Lipinski definition) is 2. The van der Waals surface area contributed by atoms with E-state index in [0.29, 0.717) is 6.04 Å². The molecule has 3 heterocycles. The van der Waals surface area contributed by atoms with Crippen molar-refractivity contribution in [2.45, 2.75) is 46.1 Å². The maximum Gasteiger partial charge on any atom is 0.113 e. The van der Waals surface area contributed by atoms with Crippen LogP contribution in [0.3, 0.4) is 0 Å². The van der Waals surface area contributed by atoms with Gasteiger partial charge >= 0.3 is 0 Å². The third-order valence-corrected chi connectivity index (χ3v) is 4.71. The van der Waals surface area contributed by atoms with Crippen molar-refractivity contribution < 1.29 is 0 Å². The molecule has 1 aliphatic rings. The first-order valence-corrected chi connectivity index (χ1v) is 7.80. The number of pyridine rings is 1. The quantitative estimate of drug-likeness (QED) is 0.854. The van der Waals surface area contributed by atoms with Crippen molar-refractivity contribution in [3.8, 4) is 0 Å². The number of fused-ring (bicyclic) bond motifs is 1. The standard InChI is InChI=1S/C17H25N3/c1-13(2)19-9-6-15(7-10-19)11-17-18-12-16-14(3)5-4-8-20(16)17/h4-5,8,12-13,15H,6-7,9-11H2,1-3H3. The first-order valence-electron chi connectivity index (χ1n) is 7.80. The van der Waals surface area contributed by atoms with Crippen LogP contribution in [0.4, 0.5) is 0 Å². The first-order chi connectivity index (χ1) is 9.65. The molecule has 0 amide bonds. The Labute approximate surface area is 121 Å². The van der Waals surface area contributed by atoms with Crippen molar-refractivity contribution >= 4 is 5.52 Å². The van der Waals surface area contributed by atoms with Crippen LogP contribution in [0.2, 0.25) is 0 Å². The molecule has 2 aromatic heterocycles. The molecule has 0 bridgehead atoms. The first kappa shape index (κ1) is 13.6. The smallest absolute Gasteiger partial charge is 0.113 e. The van der Waals surface area contributed by atoms with E-state index in [0.717, 1.165) is 12.3 Å². The Hall–Kier alpha value is -1.35. The minimum Gasteiger partial charge on any atom is -0.303 e. The normalized spacial score (nSPS) is 18.2. The lowest BCUT2D eigenvalue weighted by molar-refractivity contribution is 0.148. The van der Waals surface area contributed by atoms with Crippen LogP contribution < -0.4 is 0 Å². The lowest BCUT2D eigenvalue weighted by Gasteiger charge is -2.34. The molecule has 3 heteroatoms. The van der Waals surface area contributed by atoms with E-state index in [1.807, 2.05) is 6.20 Å². The van der Waals surface area contributed by atoms with Gasteiger partial charge in [0.1, 0.15) is 5.82 Å². The number of aromatic nitrogens is 2. The summed E-state index contributed by atoms with van der Waals surface area (Å²) in [6, 6.07) is 4.96. The zero-order valence-corrected chi connectivity index (χ0v) is 12.8. The molecule has 20 heavy (non-hydrogen) atoms. The van der Waals surface area contributed by atoms with Crippen molar-refractivity contribution in [2.75, 3.05) is 13.1 Å². The van der Waals surface area contributed by atoms with Gasteiger partial charge in [0.15, 0.2) is 0 Å². The number of aryl methyl sites for hydroxylation is 1. The summed E-state index contributed by atoms with van der Waals surface area (Å²) in [5.74, 6) is 2.02.